The van der Waals surface area contributed by atoms with Crippen molar-refractivity contribution in [3.63, 3.8) is 0 Å². The van der Waals surface area contributed by atoms with Gasteiger partial charge >= 0.3 is 0 Å². The Morgan fingerprint density at radius 2 is 2.42 bits per heavy atom. The number of nitrogens with zero attached hydrogens (tertiary/aromatic N) is 2. The summed E-state index contributed by atoms with van der Waals surface area (Å²) in [6.07, 6.45) is 8.59. The molecule has 12 heavy (non-hydrogen) atoms. The van der Waals surface area contributed by atoms with Crippen LogP contribution in [0.4, 0.5) is 0 Å². The van der Waals surface area contributed by atoms with Crippen molar-refractivity contribution in [1.82, 2.24) is 4.57 Å². The van der Waals surface area contributed by atoms with Crippen LogP contribution in [0.3, 0.4) is 0 Å². The number of rotatable bonds is 4. The summed E-state index contributed by atoms with van der Waals surface area (Å²) in [6, 6.07) is 0. The Bertz CT molecular complexity index is 261. The molecule has 0 fully saturated rings. The maximum absolute atomic E-state index is 3.75. The Kier molecular flexibility index (Phi) is 3.09. The first-order valence-corrected chi connectivity index (χ1v) is 4.45. The second kappa shape index (κ2) is 4.10. The summed E-state index contributed by atoms with van der Waals surface area (Å²) < 4.78 is 4.29. The predicted octanol–water partition coefficient (Wildman–Crippen LogP) is 1.76. The molecule has 1 rings (SSSR count). The highest BCUT2D eigenvalue weighted by molar-refractivity contribution is 5.38. The van der Waals surface area contributed by atoms with Gasteiger partial charge in [0.1, 0.15) is 6.20 Å². The first-order chi connectivity index (χ1) is 5.77. The van der Waals surface area contributed by atoms with Gasteiger partial charge in [-0.1, -0.05) is 19.9 Å². The third kappa shape index (κ3) is 1.97. The minimum Gasteiger partial charge on any atom is -0.236 e. The second-order valence-corrected chi connectivity index (χ2v) is 3.08. The average Bonchev–Trinajstić information content (AvgIpc) is 2.43. The van der Waals surface area contributed by atoms with Crippen LogP contribution in [0.25, 0.3) is 6.08 Å². The summed E-state index contributed by atoms with van der Waals surface area (Å²) in [5, 5.41) is 0. The normalized spacial score (nSPS) is 10.2. The van der Waals surface area contributed by atoms with Crippen molar-refractivity contribution < 1.29 is 4.57 Å². The SMILES string of the molecule is C=Cc1c[n+](CCCC)cn1C. The molecule has 2 nitrogen and oxygen atoms in total. The predicted molar refractivity (Wildman–Crippen MR) is 50.6 cm³/mol. The van der Waals surface area contributed by atoms with Gasteiger partial charge in [0.25, 0.3) is 0 Å². The minimum atomic E-state index is 1.11. The fourth-order valence-electron chi connectivity index (χ4n) is 1.24. The Labute approximate surface area is 74.1 Å². The van der Waals surface area contributed by atoms with Gasteiger partial charge in [0.2, 0.25) is 6.33 Å². The third-order valence-corrected chi connectivity index (χ3v) is 2.01. The van der Waals surface area contributed by atoms with Gasteiger partial charge in [0.05, 0.1) is 13.6 Å². The molecule has 0 radical (unpaired) electrons. The highest BCUT2D eigenvalue weighted by atomic mass is 15.1. The van der Waals surface area contributed by atoms with Crippen LogP contribution >= 0.6 is 0 Å². The molecular weight excluding hydrogens is 148 g/mol. The number of aryl methyl sites for hydroxylation is 2. The molecule has 0 aliphatic heterocycles. The Morgan fingerprint density at radius 3 is 2.92 bits per heavy atom. The summed E-state index contributed by atoms with van der Waals surface area (Å²) in [5.74, 6) is 0. The average molecular weight is 165 g/mol. The van der Waals surface area contributed by atoms with E-state index in [9.17, 15) is 0 Å². The number of imidazole rings is 1. The number of hydrogen-bond acceptors (Lipinski definition) is 0. The van der Waals surface area contributed by atoms with Gasteiger partial charge in [-0.2, -0.15) is 0 Å². The van der Waals surface area contributed by atoms with Crippen molar-refractivity contribution in [2.75, 3.05) is 0 Å². The molecule has 0 saturated heterocycles. The molecule has 0 spiro atoms. The highest BCUT2D eigenvalue weighted by Crippen LogP contribution is 1.96. The van der Waals surface area contributed by atoms with Gasteiger partial charge in [0.15, 0.2) is 5.69 Å². The van der Waals surface area contributed by atoms with Crippen molar-refractivity contribution in [3.8, 4) is 0 Å². The zero-order valence-electron chi connectivity index (χ0n) is 7.95. The lowest BCUT2D eigenvalue weighted by atomic mass is 10.3. The van der Waals surface area contributed by atoms with Crippen LogP contribution in [0, 0.1) is 0 Å². The zero-order chi connectivity index (χ0) is 8.97. The molecule has 0 amide bonds. The van der Waals surface area contributed by atoms with Crippen LogP contribution in [0.1, 0.15) is 25.5 Å². The largest absolute Gasteiger partial charge is 0.244 e. The van der Waals surface area contributed by atoms with Crippen molar-refractivity contribution in [2.45, 2.75) is 26.3 Å². The topological polar surface area (TPSA) is 8.81 Å². The van der Waals surface area contributed by atoms with E-state index in [2.05, 4.69) is 35.2 Å². The van der Waals surface area contributed by atoms with Gasteiger partial charge in [-0.25, -0.2) is 9.13 Å². The van der Waals surface area contributed by atoms with E-state index in [1.807, 2.05) is 13.1 Å². The van der Waals surface area contributed by atoms with Crippen molar-refractivity contribution in [3.05, 3.63) is 24.8 Å². The third-order valence-electron chi connectivity index (χ3n) is 2.01. The summed E-state index contributed by atoms with van der Waals surface area (Å²) in [4.78, 5) is 0. The molecule has 0 atom stereocenters. The maximum Gasteiger partial charge on any atom is 0.244 e. The fraction of sp³-hybridized carbons (Fsp3) is 0.500. The second-order valence-electron chi connectivity index (χ2n) is 3.08. The summed E-state index contributed by atoms with van der Waals surface area (Å²) >= 11 is 0. The maximum atomic E-state index is 3.75. The first-order valence-electron chi connectivity index (χ1n) is 4.45. The van der Waals surface area contributed by atoms with Gasteiger partial charge in [-0.05, 0) is 12.5 Å². The summed E-state index contributed by atoms with van der Waals surface area (Å²) in [6.45, 7) is 7.07. The van der Waals surface area contributed by atoms with Gasteiger partial charge in [-0.15, -0.1) is 0 Å². The molecule has 1 aromatic heterocycles. The smallest absolute Gasteiger partial charge is 0.236 e. The van der Waals surface area contributed by atoms with Crippen molar-refractivity contribution >= 4 is 6.08 Å². The summed E-state index contributed by atoms with van der Waals surface area (Å²) in [5.41, 5.74) is 1.17. The monoisotopic (exact) mass is 165 g/mol. The van der Waals surface area contributed by atoms with E-state index in [0.29, 0.717) is 0 Å². The molecule has 0 N–H and O–H groups in total. The number of aromatic nitrogens is 2. The standard InChI is InChI=1S/C10H17N2/c1-4-6-7-12-8-10(5-2)11(3)9-12/h5,8-9H,2,4,6-7H2,1,3H3/q+1. The molecule has 0 aromatic carbocycles. The molecule has 0 bridgehead atoms. The van der Waals surface area contributed by atoms with Crippen LogP contribution < -0.4 is 4.57 Å². The highest BCUT2D eigenvalue weighted by Gasteiger charge is 2.05. The quantitative estimate of drug-likeness (QED) is 0.601. The van der Waals surface area contributed by atoms with Crippen LogP contribution in [-0.4, -0.2) is 4.57 Å². The van der Waals surface area contributed by atoms with E-state index >= 15 is 0 Å². The van der Waals surface area contributed by atoms with Crippen molar-refractivity contribution in [1.29, 1.82) is 0 Å². The van der Waals surface area contributed by atoms with Gasteiger partial charge in [-0.3, -0.25) is 0 Å². The molecular formula is C10H17N2+. The lowest BCUT2D eigenvalue weighted by Gasteiger charge is -1.90. The molecule has 1 heterocycles. The Morgan fingerprint density at radius 1 is 1.67 bits per heavy atom. The number of unbranched alkanes of at least 4 members (excludes halogenated alkanes) is 1. The van der Waals surface area contributed by atoms with E-state index < -0.39 is 0 Å². The van der Waals surface area contributed by atoms with E-state index in [4.69, 9.17) is 0 Å². The zero-order valence-corrected chi connectivity index (χ0v) is 7.95. The molecule has 1 aromatic rings. The molecule has 2 heteroatoms. The lowest BCUT2D eigenvalue weighted by Crippen LogP contribution is -2.30. The van der Waals surface area contributed by atoms with Crippen LogP contribution in [0.5, 0.6) is 0 Å². The summed E-state index contributed by atoms with van der Waals surface area (Å²) in [7, 11) is 2.04. The molecule has 0 saturated carbocycles. The molecule has 0 unspecified atom stereocenters. The van der Waals surface area contributed by atoms with Crippen LogP contribution in [-0.2, 0) is 13.6 Å². The minimum absolute atomic E-state index is 1.11. The van der Waals surface area contributed by atoms with E-state index in [-0.39, 0.29) is 0 Å². The Hall–Kier alpha value is -1.05. The van der Waals surface area contributed by atoms with Gasteiger partial charge in [0, 0.05) is 0 Å². The van der Waals surface area contributed by atoms with Crippen LogP contribution in [0.15, 0.2) is 19.1 Å². The number of hydrogen-bond donors (Lipinski definition) is 0. The molecule has 0 aliphatic rings. The fourth-order valence-corrected chi connectivity index (χ4v) is 1.24. The molecule has 66 valence electrons. The van der Waals surface area contributed by atoms with Crippen LogP contribution in [0.2, 0.25) is 0 Å². The van der Waals surface area contributed by atoms with E-state index in [0.717, 1.165) is 6.54 Å². The Balaban J connectivity index is 2.68. The van der Waals surface area contributed by atoms with Gasteiger partial charge < -0.3 is 0 Å². The van der Waals surface area contributed by atoms with E-state index in [1.165, 1.54) is 18.5 Å². The van der Waals surface area contributed by atoms with E-state index in [1.54, 1.807) is 0 Å². The first kappa shape index (κ1) is 9.04. The lowest BCUT2D eigenvalue weighted by molar-refractivity contribution is -0.696. The molecule has 0 aliphatic carbocycles. The van der Waals surface area contributed by atoms with Crippen molar-refractivity contribution in [2.24, 2.45) is 7.05 Å².